The Bertz CT molecular complexity index is 524. The highest BCUT2D eigenvalue weighted by atomic mass is 79.9. The fourth-order valence-corrected chi connectivity index (χ4v) is 3.22. The number of aromatic carboxylic acids is 1. The van der Waals surface area contributed by atoms with Crippen LogP contribution in [0.25, 0.3) is 0 Å². The summed E-state index contributed by atoms with van der Waals surface area (Å²) < 4.78 is 22.7. The van der Waals surface area contributed by atoms with E-state index in [4.69, 9.17) is 10.2 Å². The molecule has 0 aliphatic rings. The van der Waals surface area contributed by atoms with Gasteiger partial charge >= 0.3 is 5.97 Å². The number of nitrogens with two attached hydrogens (primary N) is 1. The Labute approximate surface area is 95.1 Å². The van der Waals surface area contributed by atoms with Crippen LogP contribution in [0.5, 0.6) is 0 Å². The Morgan fingerprint density at radius 2 is 2.00 bits per heavy atom. The quantitative estimate of drug-likeness (QED) is 0.853. The van der Waals surface area contributed by atoms with Crippen LogP contribution in [-0.2, 0) is 10.0 Å². The summed E-state index contributed by atoms with van der Waals surface area (Å²) >= 11 is 3.01. The number of hydrogen-bond donors (Lipinski definition) is 2. The smallest absolute Gasteiger partial charge is 0.335 e. The van der Waals surface area contributed by atoms with Crippen molar-refractivity contribution in [2.45, 2.75) is 11.8 Å². The van der Waals surface area contributed by atoms with E-state index < -0.39 is 16.0 Å². The average Bonchev–Trinajstić information content (AvgIpc) is 2.00. The standard InChI is InChI=1S/C8H8BrNO4S/c1-4-5(8(11)12)2-3-6(9)7(4)15(10,13)14/h2-3H,1H3,(H,11,12)(H2,10,13,14). The minimum atomic E-state index is -3.93. The van der Waals surface area contributed by atoms with Crippen LogP contribution in [-0.4, -0.2) is 19.5 Å². The first-order chi connectivity index (χ1) is 6.75. The Kier molecular flexibility index (Phi) is 3.17. The lowest BCUT2D eigenvalue weighted by Crippen LogP contribution is -2.16. The molecule has 7 heteroatoms. The van der Waals surface area contributed by atoms with Crippen LogP contribution in [0.2, 0.25) is 0 Å². The lowest BCUT2D eigenvalue weighted by atomic mass is 10.1. The highest BCUT2D eigenvalue weighted by Gasteiger charge is 2.20. The van der Waals surface area contributed by atoms with E-state index in [-0.39, 0.29) is 20.5 Å². The summed E-state index contributed by atoms with van der Waals surface area (Å²) in [6.07, 6.45) is 0. The molecule has 0 unspecified atom stereocenters. The molecular weight excluding hydrogens is 286 g/mol. The summed E-state index contributed by atoms with van der Waals surface area (Å²) in [6, 6.07) is 2.66. The molecule has 1 aromatic rings. The molecule has 0 aliphatic heterocycles. The minimum absolute atomic E-state index is 0.0813. The Morgan fingerprint density at radius 3 is 2.40 bits per heavy atom. The van der Waals surface area contributed by atoms with Crippen LogP contribution in [0.4, 0.5) is 0 Å². The topological polar surface area (TPSA) is 97.5 Å². The van der Waals surface area contributed by atoms with Gasteiger partial charge in [-0.05, 0) is 40.5 Å². The Balaban J connectivity index is 3.66. The number of rotatable bonds is 2. The van der Waals surface area contributed by atoms with Crippen LogP contribution in [0.15, 0.2) is 21.5 Å². The second-order valence-corrected chi connectivity index (χ2v) is 5.25. The van der Waals surface area contributed by atoms with E-state index in [0.717, 1.165) is 0 Å². The molecule has 0 saturated carbocycles. The van der Waals surface area contributed by atoms with Crippen molar-refractivity contribution in [3.63, 3.8) is 0 Å². The van der Waals surface area contributed by atoms with Crippen molar-refractivity contribution in [3.05, 3.63) is 27.7 Å². The fraction of sp³-hybridized carbons (Fsp3) is 0.125. The molecule has 1 rings (SSSR count). The molecule has 0 heterocycles. The van der Waals surface area contributed by atoms with E-state index in [1.807, 2.05) is 0 Å². The number of primary sulfonamides is 1. The predicted octanol–water partition coefficient (Wildman–Crippen LogP) is 1.10. The maximum absolute atomic E-state index is 11.2. The number of halogens is 1. The zero-order chi connectivity index (χ0) is 11.8. The third-order valence-electron chi connectivity index (χ3n) is 1.87. The summed E-state index contributed by atoms with van der Waals surface area (Å²) in [7, 11) is -3.93. The number of carboxylic acids is 1. The van der Waals surface area contributed by atoms with Gasteiger partial charge in [0, 0.05) is 4.47 Å². The molecule has 3 N–H and O–H groups in total. The molecule has 1 aromatic carbocycles. The van der Waals surface area contributed by atoms with Crippen LogP contribution in [0.3, 0.4) is 0 Å². The van der Waals surface area contributed by atoms with Crippen LogP contribution in [0, 0.1) is 6.92 Å². The molecule has 0 aliphatic carbocycles. The van der Waals surface area contributed by atoms with Gasteiger partial charge in [0.2, 0.25) is 10.0 Å². The zero-order valence-corrected chi connectivity index (χ0v) is 10.1. The Morgan fingerprint density at radius 1 is 1.47 bits per heavy atom. The van der Waals surface area contributed by atoms with Gasteiger partial charge < -0.3 is 5.11 Å². The third-order valence-corrected chi connectivity index (χ3v) is 3.89. The first-order valence-corrected chi connectivity index (χ1v) is 6.14. The van der Waals surface area contributed by atoms with Gasteiger partial charge in [-0.2, -0.15) is 0 Å². The largest absolute Gasteiger partial charge is 0.478 e. The summed E-state index contributed by atoms with van der Waals surface area (Å²) in [6.45, 7) is 1.40. The lowest BCUT2D eigenvalue weighted by Gasteiger charge is -2.08. The van der Waals surface area contributed by atoms with E-state index in [1.54, 1.807) is 0 Å². The van der Waals surface area contributed by atoms with E-state index in [9.17, 15) is 13.2 Å². The summed E-state index contributed by atoms with van der Waals surface area (Å²) in [5.74, 6) is -1.19. The van der Waals surface area contributed by atoms with Crippen LogP contribution < -0.4 is 5.14 Å². The highest BCUT2D eigenvalue weighted by molar-refractivity contribution is 9.10. The van der Waals surface area contributed by atoms with Gasteiger partial charge in [-0.3, -0.25) is 0 Å². The highest BCUT2D eigenvalue weighted by Crippen LogP contribution is 2.26. The predicted molar refractivity (Wildman–Crippen MR) is 57.2 cm³/mol. The van der Waals surface area contributed by atoms with Gasteiger partial charge in [0.15, 0.2) is 0 Å². The van der Waals surface area contributed by atoms with Crippen molar-refractivity contribution in [3.8, 4) is 0 Å². The molecular formula is C8H8BrNO4S. The SMILES string of the molecule is Cc1c(C(=O)O)ccc(Br)c1S(N)(=O)=O. The fourth-order valence-electron chi connectivity index (χ4n) is 1.24. The van der Waals surface area contributed by atoms with Crippen LogP contribution in [0.1, 0.15) is 15.9 Å². The van der Waals surface area contributed by atoms with Crippen molar-refractivity contribution < 1.29 is 18.3 Å². The monoisotopic (exact) mass is 293 g/mol. The zero-order valence-electron chi connectivity index (χ0n) is 7.69. The molecule has 5 nitrogen and oxygen atoms in total. The van der Waals surface area contributed by atoms with Gasteiger partial charge in [0.25, 0.3) is 0 Å². The molecule has 0 saturated heterocycles. The van der Waals surface area contributed by atoms with Crippen molar-refractivity contribution in [2.75, 3.05) is 0 Å². The maximum Gasteiger partial charge on any atom is 0.335 e. The average molecular weight is 294 g/mol. The molecule has 15 heavy (non-hydrogen) atoms. The number of sulfonamides is 1. The van der Waals surface area contributed by atoms with E-state index in [2.05, 4.69) is 15.9 Å². The van der Waals surface area contributed by atoms with Crippen molar-refractivity contribution in [1.29, 1.82) is 0 Å². The summed E-state index contributed by atoms with van der Waals surface area (Å²) in [4.78, 5) is 10.6. The minimum Gasteiger partial charge on any atom is -0.478 e. The molecule has 0 atom stereocenters. The first-order valence-electron chi connectivity index (χ1n) is 3.80. The Hall–Kier alpha value is -0.920. The molecule has 82 valence electrons. The third kappa shape index (κ3) is 2.36. The van der Waals surface area contributed by atoms with E-state index in [1.165, 1.54) is 19.1 Å². The molecule has 0 aromatic heterocycles. The first kappa shape index (κ1) is 12.2. The van der Waals surface area contributed by atoms with Gasteiger partial charge in [-0.15, -0.1) is 0 Å². The van der Waals surface area contributed by atoms with Gasteiger partial charge in [-0.1, -0.05) is 0 Å². The normalized spacial score (nSPS) is 11.4. The maximum atomic E-state index is 11.2. The van der Waals surface area contributed by atoms with Gasteiger partial charge in [0.05, 0.1) is 10.5 Å². The van der Waals surface area contributed by atoms with Crippen molar-refractivity contribution in [1.82, 2.24) is 0 Å². The summed E-state index contributed by atoms with van der Waals surface area (Å²) in [5, 5.41) is 13.8. The second kappa shape index (κ2) is 3.92. The number of benzene rings is 1. The molecule has 0 bridgehead atoms. The van der Waals surface area contributed by atoms with Crippen molar-refractivity contribution in [2.24, 2.45) is 5.14 Å². The lowest BCUT2D eigenvalue weighted by molar-refractivity contribution is 0.0696. The van der Waals surface area contributed by atoms with Crippen molar-refractivity contribution >= 4 is 31.9 Å². The number of hydrogen-bond acceptors (Lipinski definition) is 3. The van der Waals surface area contributed by atoms with E-state index in [0.29, 0.717) is 0 Å². The molecule has 0 fully saturated rings. The van der Waals surface area contributed by atoms with Gasteiger partial charge in [0.1, 0.15) is 0 Å². The van der Waals surface area contributed by atoms with Gasteiger partial charge in [-0.25, -0.2) is 18.4 Å². The van der Waals surface area contributed by atoms with E-state index >= 15 is 0 Å². The second-order valence-electron chi connectivity index (χ2n) is 2.90. The molecule has 0 amide bonds. The number of carbonyl (C=O) groups is 1. The molecule has 0 spiro atoms. The summed E-state index contributed by atoms with van der Waals surface area (Å²) in [5.41, 5.74) is 0.0431. The molecule has 0 radical (unpaired) electrons. The van der Waals surface area contributed by atoms with Crippen LogP contribution >= 0.6 is 15.9 Å². The number of carboxylic acid groups (broad SMARTS) is 1.